The van der Waals surface area contributed by atoms with Gasteiger partial charge in [-0.25, -0.2) is 0 Å². The lowest BCUT2D eigenvalue weighted by molar-refractivity contribution is -0.132. The number of amides is 1. The van der Waals surface area contributed by atoms with E-state index in [1.54, 1.807) is 0 Å². The van der Waals surface area contributed by atoms with Gasteiger partial charge in [0.2, 0.25) is 5.91 Å². The summed E-state index contributed by atoms with van der Waals surface area (Å²) in [5, 5.41) is 0. The van der Waals surface area contributed by atoms with Gasteiger partial charge in [0.1, 0.15) is 0 Å². The number of nitrogens with two attached hydrogens (primary N) is 1. The molecule has 1 saturated carbocycles. The van der Waals surface area contributed by atoms with Gasteiger partial charge in [-0.3, -0.25) is 4.79 Å². The van der Waals surface area contributed by atoms with Gasteiger partial charge in [-0.1, -0.05) is 43.2 Å². The van der Waals surface area contributed by atoms with E-state index in [-0.39, 0.29) is 11.4 Å². The summed E-state index contributed by atoms with van der Waals surface area (Å²) in [7, 11) is 0. The Kier molecular flexibility index (Phi) is 5.18. The Morgan fingerprint density at radius 3 is 2.50 bits per heavy atom. The van der Waals surface area contributed by atoms with Gasteiger partial charge in [0, 0.05) is 25.0 Å². The molecule has 20 heavy (non-hydrogen) atoms. The summed E-state index contributed by atoms with van der Waals surface area (Å²) in [4.78, 5) is 14.3. The standard InChI is InChI=1S/C17H26N2O/c1-2-19(13-10-15-8-4-3-5-9-15)16(20)14-17(18)11-6-7-12-17/h3-5,8-9H,2,6-7,10-14,18H2,1H3. The number of benzene rings is 1. The molecule has 0 radical (unpaired) electrons. The lowest BCUT2D eigenvalue weighted by Crippen LogP contribution is -2.44. The van der Waals surface area contributed by atoms with Crippen molar-refractivity contribution in [3.05, 3.63) is 35.9 Å². The molecule has 3 nitrogen and oxygen atoms in total. The first-order chi connectivity index (χ1) is 9.63. The highest BCUT2D eigenvalue weighted by molar-refractivity contribution is 5.77. The van der Waals surface area contributed by atoms with Crippen LogP contribution in [0.1, 0.15) is 44.6 Å². The fraction of sp³-hybridized carbons (Fsp3) is 0.588. The van der Waals surface area contributed by atoms with Crippen molar-refractivity contribution in [2.45, 2.75) is 51.0 Å². The molecule has 0 atom stereocenters. The van der Waals surface area contributed by atoms with Gasteiger partial charge in [-0.05, 0) is 31.7 Å². The predicted molar refractivity (Wildman–Crippen MR) is 82.4 cm³/mol. The molecule has 0 saturated heterocycles. The van der Waals surface area contributed by atoms with Crippen molar-refractivity contribution >= 4 is 5.91 Å². The highest BCUT2D eigenvalue weighted by Crippen LogP contribution is 2.30. The van der Waals surface area contributed by atoms with E-state index in [0.29, 0.717) is 6.42 Å². The Morgan fingerprint density at radius 1 is 1.25 bits per heavy atom. The molecule has 3 heteroatoms. The minimum Gasteiger partial charge on any atom is -0.343 e. The molecule has 2 N–H and O–H groups in total. The number of hydrogen-bond donors (Lipinski definition) is 1. The predicted octanol–water partition coefficient (Wildman–Crippen LogP) is 2.74. The molecule has 110 valence electrons. The van der Waals surface area contributed by atoms with Crippen LogP contribution in [0.5, 0.6) is 0 Å². The van der Waals surface area contributed by atoms with Gasteiger partial charge in [0.05, 0.1) is 0 Å². The second-order valence-electron chi connectivity index (χ2n) is 5.96. The van der Waals surface area contributed by atoms with E-state index >= 15 is 0 Å². The Bertz CT molecular complexity index is 424. The highest BCUT2D eigenvalue weighted by atomic mass is 16.2. The summed E-state index contributed by atoms with van der Waals surface area (Å²) in [6.07, 6.45) is 5.75. The molecule has 0 bridgehead atoms. The van der Waals surface area contributed by atoms with E-state index in [4.69, 9.17) is 5.73 Å². The normalized spacial score (nSPS) is 17.1. The van der Waals surface area contributed by atoms with Gasteiger partial charge in [0.15, 0.2) is 0 Å². The SMILES string of the molecule is CCN(CCc1ccccc1)C(=O)CC1(N)CCCC1. The zero-order valence-electron chi connectivity index (χ0n) is 12.5. The summed E-state index contributed by atoms with van der Waals surface area (Å²) in [5.41, 5.74) is 7.35. The molecule has 1 aliphatic carbocycles. The van der Waals surface area contributed by atoms with Crippen LogP contribution in [0.25, 0.3) is 0 Å². The number of nitrogens with zero attached hydrogens (tertiary/aromatic N) is 1. The number of carbonyl (C=O) groups is 1. The maximum atomic E-state index is 12.4. The maximum absolute atomic E-state index is 12.4. The van der Waals surface area contributed by atoms with E-state index in [9.17, 15) is 4.79 Å². The monoisotopic (exact) mass is 274 g/mol. The fourth-order valence-electron chi connectivity index (χ4n) is 3.04. The van der Waals surface area contributed by atoms with Crippen LogP contribution in [-0.2, 0) is 11.2 Å². The van der Waals surface area contributed by atoms with Gasteiger partial charge in [0.25, 0.3) is 0 Å². The van der Waals surface area contributed by atoms with E-state index < -0.39 is 0 Å². The molecule has 1 aromatic rings. The summed E-state index contributed by atoms with van der Waals surface area (Å²) < 4.78 is 0. The molecule has 1 fully saturated rings. The van der Waals surface area contributed by atoms with E-state index in [1.807, 2.05) is 30.0 Å². The first-order valence-corrected chi connectivity index (χ1v) is 7.73. The molecule has 2 rings (SSSR count). The van der Waals surface area contributed by atoms with Crippen LogP contribution in [0.4, 0.5) is 0 Å². The van der Waals surface area contributed by atoms with Crippen molar-refractivity contribution in [2.75, 3.05) is 13.1 Å². The van der Waals surface area contributed by atoms with Crippen LogP contribution in [0.2, 0.25) is 0 Å². The van der Waals surface area contributed by atoms with Crippen molar-refractivity contribution in [1.82, 2.24) is 4.90 Å². The summed E-state index contributed by atoms with van der Waals surface area (Å²) in [5.74, 6) is 0.216. The molecule has 1 aliphatic rings. The Labute approximate surface area is 122 Å². The smallest absolute Gasteiger partial charge is 0.224 e. The van der Waals surface area contributed by atoms with E-state index in [0.717, 1.165) is 32.4 Å². The first-order valence-electron chi connectivity index (χ1n) is 7.73. The average Bonchev–Trinajstić information content (AvgIpc) is 2.87. The molecule has 0 heterocycles. The minimum atomic E-state index is -0.239. The Balaban J connectivity index is 1.86. The summed E-state index contributed by atoms with van der Waals surface area (Å²) >= 11 is 0. The second kappa shape index (κ2) is 6.89. The maximum Gasteiger partial charge on any atom is 0.224 e. The Hall–Kier alpha value is -1.35. The van der Waals surface area contributed by atoms with Crippen molar-refractivity contribution in [2.24, 2.45) is 5.73 Å². The molecule has 0 aliphatic heterocycles. The molecule has 0 unspecified atom stereocenters. The number of rotatable bonds is 6. The highest BCUT2D eigenvalue weighted by Gasteiger charge is 2.32. The van der Waals surface area contributed by atoms with Crippen LogP contribution in [0.15, 0.2) is 30.3 Å². The number of likely N-dealkylation sites (N-methyl/N-ethyl adjacent to an activating group) is 1. The van der Waals surface area contributed by atoms with Crippen molar-refractivity contribution in [3.8, 4) is 0 Å². The van der Waals surface area contributed by atoms with Crippen LogP contribution in [0, 0.1) is 0 Å². The molecule has 1 aromatic carbocycles. The molecular weight excluding hydrogens is 248 g/mol. The average molecular weight is 274 g/mol. The molecular formula is C17H26N2O. The quantitative estimate of drug-likeness (QED) is 0.867. The molecule has 1 amide bonds. The second-order valence-corrected chi connectivity index (χ2v) is 5.96. The van der Waals surface area contributed by atoms with Crippen LogP contribution < -0.4 is 5.73 Å². The lowest BCUT2D eigenvalue weighted by atomic mass is 9.94. The van der Waals surface area contributed by atoms with Crippen LogP contribution in [-0.4, -0.2) is 29.4 Å². The van der Waals surface area contributed by atoms with Gasteiger partial charge in [-0.2, -0.15) is 0 Å². The summed E-state index contributed by atoms with van der Waals surface area (Å²) in [6.45, 7) is 3.60. The minimum absolute atomic E-state index is 0.216. The van der Waals surface area contributed by atoms with Crippen molar-refractivity contribution < 1.29 is 4.79 Å². The van der Waals surface area contributed by atoms with Crippen LogP contribution in [0.3, 0.4) is 0 Å². The largest absolute Gasteiger partial charge is 0.343 e. The molecule has 0 aromatic heterocycles. The Morgan fingerprint density at radius 2 is 1.90 bits per heavy atom. The summed E-state index contributed by atoms with van der Waals surface area (Å²) in [6, 6.07) is 10.3. The van der Waals surface area contributed by atoms with Crippen LogP contribution >= 0.6 is 0 Å². The third-order valence-corrected chi connectivity index (χ3v) is 4.35. The first kappa shape index (κ1) is 15.0. The third kappa shape index (κ3) is 4.07. The van der Waals surface area contributed by atoms with E-state index in [2.05, 4.69) is 12.1 Å². The molecule has 0 spiro atoms. The zero-order valence-corrected chi connectivity index (χ0v) is 12.5. The van der Waals surface area contributed by atoms with E-state index in [1.165, 1.54) is 18.4 Å². The van der Waals surface area contributed by atoms with Gasteiger partial charge in [-0.15, -0.1) is 0 Å². The van der Waals surface area contributed by atoms with Crippen molar-refractivity contribution in [1.29, 1.82) is 0 Å². The fourth-order valence-corrected chi connectivity index (χ4v) is 3.04. The third-order valence-electron chi connectivity index (χ3n) is 4.35. The topological polar surface area (TPSA) is 46.3 Å². The van der Waals surface area contributed by atoms with Gasteiger partial charge >= 0.3 is 0 Å². The van der Waals surface area contributed by atoms with Gasteiger partial charge < -0.3 is 10.6 Å². The number of carbonyl (C=O) groups excluding carboxylic acids is 1. The number of hydrogen-bond acceptors (Lipinski definition) is 2. The van der Waals surface area contributed by atoms with Crippen molar-refractivity contribution in [3.63, 3.8) is 0 Å². The lowest BCUT2D eigenvalue weighted by Gasteiger charge is -2.28. The zero-order chi connectivity index (χ0) is 14.4.